The van der Waals surface area contributed by atoms with E-state index in [1.54, 1.807) is 4.90 Å². The van der Waals surface area contributed by atoms with Gasteiger partial charge in [0, 0.05) is 26.6 Å². The predicted molar refractivity (Wildman–Crippen MR) is 70.0 cm³/mol. The van der Waals surface area contributed by atoms with Gasteiger partial charge in [-0.2, -0.15) is 0 Å². The molecule has 0 spiro atoms. The Morgan fingerprint density at radius 2 is 1.85 bits per heavy atom. The third-order valence-corrected chi connectivity index (χ3v) is 3.27. The van der Waals surface area contributed by atoms with Gasteiger partial charge in [-0.05, 0) is 18.8 Å². The van der Waals surface area contributed by atoms with Gasteiger partial charge in [0.05, 0.1) is 6.54 Å². The molecule has 1 atom stereocenters. The largest absolute Gasteiger partial charge is 0.479 e. The van der Waals surface area contributed by atoms with Crippen molar-refractivity contribution < 1.29 is 24.6 Å². The van der Waals surface area contributed by atoms with Crippen LogP contribution >= 0.6 is 0 Å². The van der Waals surface area contributed by atoms with E-state index in [-0.39, 0.29) is 18.5 Å². The second kappa shape index (κ2) is 7.68. The van der Waals surface area contributed by atoms with Crippen LogP contribution < -0.4 is 10.6 Å². The number of aliphatic carboxylic acids is 1. The van der Waals surface area contributed by atoms with Crippen molar-refractivity contribution in [2.24, 2.45) is 5.92 Å². The Bertz CT molecular complexity index is 366. The van der Waals surface area contributed by atoms with Crippen LogP contribution in [0.5, 0.6) is 0 Å². The highest BCUT2D eigenvalue weighted by atomic mass is 16.4. The van der Waals surface area contributed by atoms with E-state index in [1.165, 1.54) is 6.92 Å². The highest BCUT2D eigenvalue weighted by Gasteiger charge is 2.23. The molecule has 0 aromatic rings. The van der Waals surface area contributed by atoms with E-state index in [2.05, 4.69) is 10.6 Å². The fourth-order valence-electron chi connectivity index (χ4n) is 2.01. The molecule has 1 aliphatic rings. The van der Waals surface area contributed by atoms with E-state index in [9.17, 15) is 14.4 Å². The number of aliphatic hydroxyl groups excluding tert-OH is 1. The maximum absolute atomic E-state index is 11.7. The van der Waals surface area contributed by atoms with Crippen LogP contribution in [0.3, 0.4) is 0 Å². The monoisotopic (exact) mass is 287 g/mol. The predicted octanol–water partition coefficient (Wildman–Crippen LogP) is -1.01. The van der Waals surface area contributed by atoms with Gasteiger partial charge in [-0.1, -0.05) is 0 Å². The Kier molecular flexibility index (Phi) is 6.23. The van der Waals surface area contributed by atoms with E-state index in [0.29, 0.717) is 25.6 Å². The van der Waals surface area contributed by atoms with E-state index < -0.39 is 12.1 Å². The van der Waals surface area contributed by atoms with Crippen molar-refractivity contribution in [3.63, 3.8) is 0 Å². The Morgan fingerprint density at radius 1 is 1.25 bits per heavy atom. The second-order valence-corrected chi connectivity index (χ2v) is 4.91. The van der Waals surface area contributed by atoms with Gasteiger partial charge in [-0.3, -0.25) is 4.79 Å². The molecule has 0 bridgehead atoms. The first kappa shape index (κ1) is 16.2. The summed E-state index contributed by atoms with van der Waals surface area (Å²) >= 11 is 0. The molecule has 8 nitrogen and oxygen atoms in total. The molecule has 4 N–H and O–H groups in total. The molecule has 0 aromatic heterocycles. The average molecular weight is 287 g/mol. The van der Waals surface area contributed by atoms with Gasteiger partial charge < -0.3 is 25.7 Å². The van der Waals surface area contributed by atoms with Crippen LogP contribution in [-0.4, -0.2) is 65.3 Å². The third kappa shape index (κ3) is 5.43. The van der Waals surface area contributed by atoms with Gasteiger partial charge >= 0.3 is 12.0 Å². The topological polar surface area (TPSA) is 119 Å². The summed E-state index contributed by atoms with van der Waals surface area (Å²) in [5.74, 6) is -1.07. The highest BCUT2D eigenvalue weighted by Crippen LogP contribution is 2.16. The number of hydrogen-bond donors (Lipinski definition) is 4. The van der Waals surface area contributed by atoms with E-state index >= 15 is 0 Å². The van der Waals surface area contributed by atoms with Gasteiger partial charge in [0.15, 0.2) is 6.10 Å². The number of hydrogen-bond acceptors (Lipinski definition) is 4. The van der Waals surface area contributed by atoms with Crippen LogP contribution in [0.4, 0.5) is 4.79 Å². The number of amides is 3. The minimum atomic E-state index is -1.59. The molecule has 1 heterocycles. The van der Waals surface area contributed by atoms with Crippen LogP contribution in [0, 0.1) is 5.92 Å². The first-order chi connectivity index (χ1) is 9.40. The lowest BCUT2D eigenvalue weighted by Crippen LogP contribution is -2.48. The molecular formula is C12H21N3O5. The summed E-state index contributed by atoms with van der Waals surface area (Å²) in [4.78, 5) is 34.5. The lowest BCUT2D eigenvalue weighted by molar-refractivity contribution is -0.146. The molecule has 1 saturated heterocycles. The highest BCUT2D eigenvalue weighted by molar-refractivity contribution is 5.77. The number of piperidine rings is 1. The van der Waals surface area contributed by atoms with Crippen molar-refractivity contribution in [2.75, 3.05) is 26.2 Å². The standard InChI is InChI=1S/C12H21N3O5/c1-8(16)13-6-9-2-4-15(5-3-9)12(20)14-7-10(17)11(18)19/h9-10,17H,2-7H2,1H3,(H,13,16)(H,14,20)(H,18,19)/t10-/m0/s1. The van der Waals surface area contributed by atoms with Gasteiger partial charge in [0.1, 0.15) is 0 Å². The molecule has 8 heteroatoms. The number of urea groups is 1. The molecule has 0 aromatic carbocycles. The van der Waals surface area contributed by atoms with Gasteiger partial charge in [0.25, 0.3) is 0 Å². The minimum Gasteiger partial charge on any atom is -0.479 e. The van der Waals surface area contributed by atoms with E-state index in [0.717, 1.165) is 12.8 Å². The smallest absolute Gasteiger partial charge is 0.334 e. The number of carbonyl (C=O) groups excluding carboxylic acids is 2. The summed E-state index contributed by atoms with van der Waals surface area (Å²) in [6.07, 6.45) is -0.0130. The van der Waals surface area contributed by atoms with E-state index in [1.807, 2.05) is 0 Å². The first-order valence-corrected chi connectivity index (χ1v) is 6.58. The summed E-state index contributed by atoms with van der Waals surface area (Å²) in [6, 6.07) is -0.372. The van der Waals surface area contributed by atoms with Crippen molar-refractivity contribution in [1.29, 1.82) is 0 Å². The second-order valence-electron chi connectivity index (χ2n) is 4.91. The number of nitrogens with one attached hydrogen (secondary N) is 2. The molecule has 3 amide bonds. The van der Waals surface area contributed by atoms with Crippen LogP contribution in [-0.2, 0) is 9.59 Å². The van der Waals surface area contributed by atoms with Crippen molar-refractivity contribution in [3.8, 4) is 0 Å². The fraction of sp³-hybridized carbons (Fsp3) is 0.750. The normalized spacial score (nSPS) is 17.4. The maximum atomic E-state index is 11.7. The number of carboxylic acids is 1. The first-order valence-electron chi connectivity index (χ1n) is 6.58. The number of likely N-dealkylation sites (tertiary alicyclic amines) is 1. The zero-order chi connectivity index (χ0) is 15.1. The Balaban J connectivity index is 2.25. The Hall–Kier alpha value is -1.83. The lowest BCUT2D eigenvalue weighted by Gasteiger charge is -2.32. The minimum absolute atomic E-state index is 0.0622. The summed E-state index contributed by atoms with van der Waals surface area (Å²) in [5, 5.41) is 22.7. The van der Waals surface area contributed by atoms with Crippen molar-refractivity contribution >= 4 is 17.9 Å². The number of rotatable bonds is 5. The molecular weight excluding hydrogens is 266 g/mol. The molecule has 0 saturated carbocycles. The van der Waals surface area contributed by atoms with Crippen molar-refractivity contribution in [1.82, 2.24) is 15.5 Å². The lowest BCUT2D eigenvalue weighted by atomic mass is 9.97. The van der Waals surface area contributed by atoms with Gasteiger partial charge in [-0.15, -0.1) is 0 Å². The van der Waals surface area contributed by atoms with Crippen LogP contribution in [0.2, 0.25) is 0 Å². The third-order valence-electron chi connectivity index (χ3n) is 3.27. The number of carbonyl (C=O) groups is 3. The SMILES string of the molecule is CC(=O)NCC1CCN(C(=O)NC[C@H](O)C(=O)O)CC1. The van der Waals surface area contributed by atoms with Crippen LogP contribution in [0.1, 0.15) is 19.8 Å². The summed E-state index contributed by atoms with van der Waals surface area (Å²) in [7, 11) is 0. The molecule has 20 heavy (non-hydrogen) atoms. The van der Waals surface area contributed by atoms with Crippen molar-refractivity contribution in [2.45, 2.75) is 25.9 Å². The fourth-order valence-corrected chi connectivity index (χ4v) is 2.01. The summed E-state index contributed by atoms with van der Waals surface area (Å²) in [5.41, 5.74) is 0. The molecule has 0 radical (unpaired) electrons. The van der Waals surface area contributed by atoms with Crippen LogP contribution in [0.15, 0.2) is 0 Å². The quantitative estimate of drug-likeness (QED) is 0.516. The maximum Gasteiger partial charge on any atom is 0.334 e. The van der Waals surface area contributed by atoms with Crippen molar-refractivity contribution in [3.05, 3.63) is 0 Å². The zero-order valence-corrected chi connectivity index (χ0v) is 11.5. The van der Waals surface area contributed by atoms with Gasteiger partial charge in [-0.25, -0.2) is 9.59 Å². The molecule has 1 aliphatic heterocycles. The number of aliphatic hydroxyl groups is 1. The molecule has 114 valence electrons. The molecule has 1 rings (SSSR count). The number of carboxylic acid groups (broad SMARTS) is 1. The van der Waals surface area contributed by atoms with Gasteiger partial charge in [0.2, 0.25) is 5.91 Å². The Labute approximate surface area is 117 Å². The van der Waals surface area contributed by atoms with Crippen LogP contribution in [0.25, 0.3) is 0 Å². The molecule has 1 fully saturated rings. The average Bonchev–Trinajstić information content (AvgIpc) is 2.42. The molecule has 0 unspecified atom stereocenters. The molecule has 0 aliphatic carbocycles. The summed E-state index contributed by atoms with van der Waals surface area (Å²) < 4.78 is 0. The van der Waals surface area contributed by atoms with E-state index in [4.69, 9.17) is 10.2 Å². The Morgan fingerprint density at radius 3 is 2.35 bits per heavy atom. The number of nitrogens with zero attached hydrogens (tertiary/aromatic N) is 1. The summed E-state index contributed by atoms with van der Waals surface area (Å²) in [6.45, 7) is 2.89. The zero-order valence-electron chi connectivity index (χ0n) is 11.5.